The molecule has 1 aliphatic carbocycles. The fraction of sp³-hybridized carbons (Fsp3) is 0.667. The van der Waals surface area contributed by atoms with Gasteiger partial charge in [0.15, 0.2) is 6.29 Å². The predicted molar refractivity (Wildman–Crippen MR) is 133 cm³/mol. The second kappa shape index (κ2) is 12.5. The average molecular weight is 505 g/mol. The minimum absolute atomic E-state index is 0.0343. The molecule has 9 nitrogen and oxygen atoms in total. The number of hydrogen-bond acceptors (Lipinski definition) is 7. The SMILES string of the molecule is CCOC(OCC)[C@H](CC(=O)OC(C)(C)C)NC(=O)C1C2CCC(C2)N1C(=O)OCc1ccccc1. The number of amides is 2. The van der Waals surface area contributed by atoms with Crippen molar-refractivity contribution in [2.75, 3.05) is 13.2 Å². The summed E-state index contributed by atoms with van der Waals surface area (Å²) in [5.41, 5.74) is 0.215. The number of hydrogen-bond donors (Lipinski definition) is 1. The molecule has 2 amide bonds. The fourth-order valence-corrected chi connectivity index (χ4v) is 5.04. The number of fused-ring (bicyclic) bond motifs is 2. The van der Waals surface area contributed by atoms with Gasteiger partial charge in [0.05, 0.1) is 12.5 Å². The Morgan fingerprint density at radius 1 is 1.06 bits per heavy atom. The summed E-state index contributed by atoms with van der Waals surface area (Å²) in [7, 11) is 0. The maximum Gasteiger partial charge on any atom is 0.411 e. The van der Waals surface area contributed by atoms with Crippen LogP contribution in [0.3, 0.4) is 0 Å². The van der Waals surface area contributed by atoms with E-state index in [1.54, 1.807) is 25.7 Å². The number of carbonyl (C=O) groups excluding carboxylic acids is 3. The number of nitrogens with one attached hydrogen (secondary N) is 1. The summed E-state index contributed by atoms with van der Waals surface area (Å²) >= 11 is 0. The van der Waals surface area contributed by atoms with Crippen molar-refractivity contribution >= 4 is 18.0 Å². The summed E-state index contributed by atoms with van der Waals surface area (Å²) in [6.45, 7) is 9.83. The van der Waals surface area contributed by atoms with Gasteiger partial charge in [-0.15, -0.1) is 0 Å². The molecule has 1 aromatic carbocycles. The molecule has 4 atom stereocenters. The molecule has 0 radical (unpaired) electrons. The van der Waals surface area contributed by atoms with Crippen LogP contribution in [0.1, 0.15) is 65.9 Å². The first kappa shape index (κ1) is 27.9. The van der Waals surface area contributed by atoms with Crippen molar-refractivity contribution in [1.29, 1.82) is 0 Å². The van der Waals surface area contributed by atoms with Gasteiger partial charge in [-0.25, -0.2) is 4.79 Å². The molecule has 2 fully saturated rings. The van der Waals surface area contributed by atoms with E-state index in [0.717, 1.165) is 24.8 Å². The molecule has 1 saturated heterocycles. The van der Waals surface area contributed by atoms with E-state index in [1.807, 2.05) is 44.2 Å². The predicted octanol–water partition coefficient (Wildman–Crippen LogP) is 3.79. The Balaban J connectivity index is 1.73. The van der Waals surface area contributed by atoms with Gasteiger partial charge in [-0.2, -0.15) is 0 Å². The summed E-state index contributed by atoms with van der Waals surface area (Å²) in [6.07, 6.45) is 1.02. The van der Waals surface area contributed by atoms with Gasteiger partial charge in [-0.05, 0) is 65.4 Å². The Hall–Kier alpha value is -2.65. The maximum atomic E-state index is 13.6. The van der Waals surface area contributed by atoms with Crippen LogP contribution in [0, 0.1) is 5.92 Å². The zero-order valence-corrected chi connectivity index (χ0v) is 22.0. The molecule has 3 rings (SSSR count). The van der Waals surface area contributed by atoms with Crippen molar-refractivity contribution in [2.24, 2.45) is 5.92 Å². The Kier molecular flexibility index (Phi) is 9.73. The van der Waals surface area contributed by atoms with Crippen molar-refractivity contribution in [2.45, 2.75) is 96.9 Å². The van der Waals surface area contributed by atoms with Crippen LogP contribution >= 0.6 is 0 Å². The number of piperidine rings is 1. The number of esters is 1. The largest absolute Gasteiger partial charge is 0.460 e. The van der Waals surface area contributed by atoms with Crippen LogP contribution in [0.15, 0.2) is 30.3 Å². The third-order valence-corrected chi connectivity index (χ3v) is 6.39. The normalized spacial score (nSPS) is 21.9. The number of nitrogens with zero attached hydrogens (tertiary/aromatic N) is 1. The van der Waals surface area contributed by atoms with Gasteiger partial charge >= 0.3 is 12.1 Å². The Bertz CT molecular complexity index is 880. The van der Waals surface area contributed by atoms with E-state index in [4.69, 9.17) is 18.9 Å². The highest BCUT2D eigenvalue weighted by molar-refractivity contribution is 5.88. The zero-order chi connectivity index (χ0) is 26.3. The molecule has 1 saturated carbocycles. The number of ether oxygens (including phenoxy) is 4. The molecular formula is C27H40N2O7. The number of benzene rings is 1. The maximum absolute atomic E-state index is 13.6. The van der Waals surface area contributed by atoms with Crippen LogP contribution in [0.4, 0.5) is 4.79 Å². The van der Waals surface area contributed by atoms with Crippen molar-refractivity contribution in [3.63, 3.8) is 0 Å². The molecule has 2 aliphatic rings. The molecule has 200 valence electrons. The van der Waals surface area contributed by atoms with Crippen molar-refractivity contribution < 1.29 is 33.3 Å². The molecular weight excluding hydrogens is 464 g/mol. The van der Waals surface area contributed by atoms with E-state index in [2.05, 4.69) is 5.32 Å². The highest BCUT2D eigenvalue weighted by Crippen LogP contribution is 2.43. The molecule has 2 bridgehead atoms. The summed E-state index contributed by atoms with van der Waals surface area (Å²) in [4.78, 5) is 40.9. The highest BCUT2D eigenvalue weighted by Gasteiger charge is 2.52. The van der Waals surface area contributed by atoms with Crippen molar-refractivity contribution in [3.05, 3.63) is 35.9 Å². The fourth-order valence-electron chi connectivity index (χ4n) is 5.04. The molecule has 0 aromatic heterocycles. The van der Waals surface area contributed by atoms with E-state index in [0.29, 0.717) is 13.2 Å². The van der Waals surface area contributed by atoms with Crippen LogP contribution in [0.5, 0.6) is 0 Å². The lowest BCUT2D eigenvalue weighted by Gasteiger charge is -2.35. The highest BCUT2D eigenvalue weighted by atomic mass is 16.7. The van der Waals surface area contributed by atoms with E-state index in [1.165, 1.54) is 0 Å². The van der Waals surface area contributed by atoms with Gasteiger partial charge in [0, 0.05) is 19.3 Å². The van der Waals surface area contributed by atoms with Crippen molar-refractivity contribution in [3.8, 4) is 0 Å². The first-order valence-corrected chi connectivity index (χ1v) is 12.9. The molecule has 36 heavy (non-hydrogen) atoms. The first-order chi connectivity index (χ1) is 17.1. The lowest BCUT2D eigenvalue weighted by atomic mass is 9.97. The van der Waals surface area contributed by atoms with E-state index in [-0.39, 0.29) is 30.9 Å². The summed E-state index contributed by atoms with van der Waals surface area (Å²) < 4.78 is 22.5. The Labute approximate surface area is 213 Å². The average Bonchev–Trinajstić information content (AvgIpc) is 3.43. The third kappa shape index (κ3) is 7.43. The quantitative estimate of drug-likeness (QED) is 0.361. The molecule has 1 aromatic rings. The van der Waals surface area contributed by atoms with Gasteiger partial charge in [0.25, 0.3) is 0 Å². The number of carbonyl (C=O) groups is 3. The Morgan fingerprint density at radius 2 is 1.72 bits per heavy atom. The van der Waals surface area contributed by atoms with Gasteiger partial charge in [-0.3, -0.25) is 14.5 Å². The second-order valence-corrected chi connectivity index (χ2v) is 10.3. The second-order valence-electron chi connectivity index (χ2n) is 10.3. The minimum atomic E-state index is -0.825. The smallest absolute Gasteiger partial charge is 0.411 e. The molecule has 1 aliphatic heterocycles. The third-order valence-electron chi connectivity index (χ3n) is 6.39. The molecule has 1 heterocycles. The molecule has 0 spiro atoms. The summed E-state index contributed by atoms with van der Waals surface area (Å²) in [5.74, 6) is -0.764. The standard InChI is InChI=1S/C27H40N2O7/c1-6-33-25(34-7-2)21(16-22(30)36-27(3,4)5)28-24(31)23-19-13-14-20(15-19)29(23)26(32)35-17-18-11-9-8-10-12-18/h8-12,19-21,23,25H,6-7,13-17H2,1-5H3,(H,28,31)/t19?,20?,21-,23?/m0/s1. The minimum Gasteiger partial charge on any atom is -0.460 e. The zero-order valence-electron chi connectivity index (χ0n) is 22.0. The topological polar surface area (TPSA) is 103 Å². The van der Waals surface area contributed by atoms with Gasteiger partial charge in [0.2, 0.25) is 5.91 Å². The van der Waals surface area contributed by atoms with Crippen LogP contribution < -0.4 is 5.32 Å². The van der Waals surface area contributed by atoms with E-state index >= 15 is 0 Å². The Morgan fingerprint density at radius 3 is 2.33 bits per heavy atom. The summed E-state index contributed by atoms with van der Waals surface area (Å²) in [6, 6.07) is 7.96. The van der Waals surface area contributed by atoms with Crippen LogP contribution in [-0.4, -0.2) is 66.1 Å². The molecule has 3 unspecified atom stereocenters. The first-order valence-electron chi connectivity index (χ1n) is 12.9. The lowest BCUT2D eigenvalue weighted by Crippen LogP contribution is -2.57. The van der Waals surface area contributed by atoms with Gasteiger partial charge < -0.3 is 24.3 Å². The van der Waals surface area contributed by atoms with E-state index < -0.39 is 36.0 Å². The van der Waals surface area contributed by atoms with Crippen LogP contribution in [0.2, 0.25) is 0 Å². The lowest BCUT2D eigenvalue weighted by molar-refractivity contribution is -0.173. The summed E-state index contributed by atoms with van der Waals surface area (Å²) in [5, 5.41) is 2.95. The van der Waals surface area contributed by atoms with Crippen LogP contribution in [-0.2, 0) is 35.1 Å². The number of rotatable bonds is 11. The van der Waals surface area contributed by atoms with Crippen LogP contribution in [0.25, 0.3) is 0 Å². The molecule has 9 heteroatoms. The molecule has 1 N–H and O–H groups in total. The van der Waals surface area contributed by atoms with Crippen molar-refractivity contribution in [1.82, 2.24) is 10.2 Å². The number of likely N-dealkylation sites (tertiary alicyclic amines) is 1. The van der Waals surface area contributed by atoms with E-state index in [9.17, 15) is 14.4 Å². The van der Waals surface area contributed by atoms with Gasteiger partial charge in [0.1, 0.15) is 18.2 Å². The van der Waals surface area contributed by atoms with Gasteiger partial charge in [-0.1, -0.05) is 30.3 Å². The monoisotopic (exact) mass is 504 g/mol.